The lowest BCUT2D eigenvalue weighted by Crippen LogP contribution is -2.43. The van der Waals surface area contributed by atoms with Gasteiger partial charge in [0, 0.05) is 18.2 Å². The molecule has 0 saturated carbocycles. The van der Waals surface area contributed by atoms with Crippen LogP contribution in [0.2, 0.25) is 0 Å². The van der Waals surface area contributed by atoms with Gasteiger partial charge in [-0.05, 0) is 18.6 Å². The maximum Gasteiger partial charge on any atom is 0.337 e. The van der Waals surface area contributed by atoms with Gasteiger partial charge in [0.15, 0.2) is 0 Å². The number of nitrogens with zero attached hydrogens (tertiary/aromatic N) is 1. The largest absolute Gasteiger partial charge is 0.337 e. The number of pyridine rings is 1. The van der Waals surface area contributed by atoms with Crippen LogP contribution < -0.4 is 0 Å². The molecule has 0 unspecified atom stereocenters. The zero-order valence-corrected chi connectivity index (χ0v) is 8.26. The fourth-order valence-electron chi connectivity index (χ4n) is 1.67. The molecule has 0 aliphatic heterocycles. The van der Waals surface area contributed by atoms with E-state index in [0.29, 0.717) is 0 Å². The minimum atomic E-state index is -4.14. The Morgan fingerprint density at radius 2 is 1.88 bits per heavy atom. The molecule has 0 fully saturated rings. The van der Waals surface area contributed by atoms with Crippen LogP contribution in [-0.4, -0.2) is 16.8 Å². The molecule has 0 amide bonds. The van der Waals surface area contributed by atoms with Crippen molar-refractivity contribution >= 4 is 5.57 Å². The van der Waals surface area contributed by atoms with E-state index in [1.165, 1.54) is 18.3 Å². The molecule has 0 N–H and O–H groups in total. The standard InChI is InChI=1S/C11H9F4N/c12-10(13)6-3-4-8(11(10,14)15)9-5-1-2-7-16-9/h1-2,4-5,7H,3,6H2. The van der Waals surface area contributed by atoms with Crippen molar-refractivity contribution in [2.75, 3.05) is 0 Å². The summed E-state index contributed by atoms with van der Waals surface area (Å²) in [5, 5.41) is 0. The Bertz CT molecular complexity index is 411. The molecular formula is C11H9F4N. The fourth-order valence-corrected chi connectivity index (χ4v) is 1.67. The highest BCUT2D eigenvalue weighted by Crippen LogP contribution is 2.49. The summed E-state index contributed by atoms with van der Waals surface area (Å²) in [4.78, 5) is 3.68. The summed E-state index contributed by atoms with van der Waals surface area (Å²) < 4.78 is 53.1. The number of allylic oxidation sites excluding steroid dienone is 2. The van der Waals surface area contributed by atoms with Crippen molar-refractivity contribution in [2.45, 2.75) is 24.7 Å². The monoisotopic (exact) mass is 231 g/mol. The summed E-state index contributed by atoms with van der Waals surface area (Å²) in [7, 11) is 0. The number of halogens is 4. The molecule has 1 aliphatic carbocycles. The topological polar surface area (TPSA) is 12.9 Å². The van der Waals surface area contributed by atoms with Crippen LogP contribution in [0.4, 0.5) is 17.6 Å². The normalized spacial score (nSPS) is 22.6. The van der Waals surface area contributed by atoms with E-state index in [0.717, 1.165) is 6.08 Å². The van der Waals surface area contributed by atoms with Crippen LogP contribution >= 0.6 is 0 Å². The molecule has 0 radical (unpaired) electrons. The van der Waals surface area contributed by atoms with E-state index in [-0.39, 0.29) is 12.1 Å². The third-order valence-corrected chi connectivity index (χ3v) is 2.55. The van der Waals surface area contributed by atoms with Crippen molar-refractivity contribution in [3.8, 4) is 0 Å². The summed E-state index contributed by atoms with van der Waals surface area (Å²) in [5.41, 5.74) is -0.767. The molecule has 1 nitrogen and oxygen atoms in total. The van der Waals surface area contributed by atoms with E-state index in [1.54, 1.807) is 6.07 Å². The zero-order chi connectivity index (χ0) is 11.8. The molecule has 16 heavy (non-hydrogen) atoms. The summed E-state index contributed by atoms with van der Waals surface area (Å²) in [6, 6.07) is 4.34. The first-order chi connectivity index (χ1) is 7.45. The van der Waals surface area contributed by atoms with E-state index in [1.807, 2.05) is 0 Å². The fraction of sp³-hybridized carbons (Fsp3) is 0.364. The minimum absolute atomic E-state index is 0.0610. The Morgan fingerprint density at radius 1 is 1.12 bits per heavy atom. The lowest BCUT2D eigenvalue weighted by atomic mass is 9.89. The van der Waals surface area contributed by atoms with Crippen molar-refractivity contribution in [2.24, 2.45) is 0 Å². The smallest absolute Gasteiger partial charge is 0.256 e. The van der Waals surface area contributed by atoms with Gasteiger partial charge in [-0.3, -0.25) is 4.98 Å². The Balaban J connectivity index is 2.46. The van der Waals surface area contributed by atoms with Crippen LogP contribution in [0.1, 0.15) is 18.5 Å². The highest BCUT2D eigenvalue weighted by Gasteiger charge is 2.60. The Labute approximate surface area is 89.8 Å². The van der Waals surface area contributed by atoms with E-state index >= 15 is 0 Å². The zero-order valence-electron chi connectivity index (χ0n) is 8.26. The minimum Gasteiger partial charge on any atom is -0.256 e. The third-order valence-electron chi connectivity index (χ3n) is 2.55. The van der Waals surface area contributed by atoms with Crippen LogP contribution in [0.25, 0.3) is 5.57 Å². The SMILES string of the molecule is FC1(F)CCC=C(c2ccccn2)C1(F)F. The lowest BCUT2D eigenvalue weighted by molar-refractivity contribution is -0.179. The van der Waals surface area contributed by atoms with Gasteiger partial charge in [-0.25, -0.2) is 0 Å². The summed E-state index contributed by atoms with van der Waals surface area (Å²) >= 11 is 0. The Morgan fingerprint density at radius 3 is 2.50 bits per heavy atom. The molecule has 1 aromatic heterocycles. The summed E-state index contributed by atoms with van der Waals surface area (Å²) in [6.45, 7) is 0. The van der Waals surface area contributed by atoms with Crippen molar-refractivity contribution in [3.05, 3.63) is 36.2 Å². The molecule has 1 heterocycles. The van der Waals surface area contributed by atoms with Crippen molar-refractivity contribution in [1.82, 2.24) is 4.98 Å². The van der Waals surface area contributed by atoms with Gasteiger partial charge in [-0.15, -0.1) is 0 Å². The van der Waals surface area contributed by atoms with Gasteiger partial charge in [-0.1, -0.05) is 12.1 Å². The summed E-state index contributed by atoms with van der Waals surface area (Å²) in [6.07, 6.45) is 1.56. The number of hydrogen-bond acceptors (Lipinski definition) is 1. The van der Waals surface area contributed by atoms with E-state index < -0.39 is 23.8 Å². The average molecular weight is 231 g/mol. The maximum atomic E-state index is 13.5. The number of alkyl halides is 4. The lowest BCUT2D eigenvalue weighted by Gasteiger charge is -2.31. The molecule has 0 saturated heterocycles. The van der Waals surface area contributed by atoms with Crippen LogP contribution in [0.3, 0.4) is 0 Å². The third kappa shape index (κ3) is 1.60. The molecule has 0 atom stereocenters. The first-order valence-electron chi connectivity index (χ1n) is 4.83. The van der Waals surface area contributed by atoms with Crippen LogP contribution in [0, 0.1) is 0 Å². The average Bonchev–Trinajstić information content (AvgIpc) is 2.23. The van der Waals surface area contributed by atoms with Crippen LogP contribution in [-0.2, 0) is 0 Å². The summed E-state index contributed by atoms with van der Waals surface area (Å²) in [5.74, 6) is -8.13. The van der Waals surface area contributed by atoms with Gasteiger partial charge >= 0.3 is 11.8 Å². The van der Waals surface area contributed by atoms with Crippen LogP contribution in [0.5, 0.6) is 0 Å². The highest BCUT2D eigenvalue weighted by molar-refractivity contribution is 5.70. The van der Waals surface area contributed by atoms with Gasteiger partial charge in [-0.2, -0.15) is 17.6 Å². The van der Waals surface area contributed by atoms with Gasteiger partial charge in [0.05, 0.1) is 5.69 Å². The predicted octanol–water partition coefficient (Wildman–Crippen LogP) is 3.53. The number of rotatable bonds is 1. The quantitative estimate of drug-likeness (QED) is 0.674. The maximum absolute atomic E-state index is 13.5. The van der Waals surface area contributed by atoms with Gasteiger partial charge < -0.3 is 0 Å². The van der Waals surface area contributed by atoms with Crippen molar-refractivity contribution in [1.29, 1.82) is 0 Å². The molecule has 86 valence electrons. The Kier molecular flexibility index (Phi) is 2.48. The second-order valence-electron chi connectivity index (χ2n) is 3.65. The first kappa shape index (κ1) is 11.1. The molecular weight excluding hydrogens is 222 g/mol. The van der Waals surface area contributed by atoms with E-state index in [4.69, 9.17) is 0 Å². The van der Waals surface area contributed by atoms with Gasteiger partial charge in [0.25, 0.3) is 0 Å². The van der Waals surface area contributed by atoms with Gasteiger partial charge in [0.1, 0.15) is 0 Å². The second kappa shape index (κ2) is 3.57. The number of aromatic nitrogens is 1. The molecule has 0 bridgehead atoms. The second-order valence-corrected chi connectivity index (χ2v) is 3.65. The van der Waals surface area contributed by atoms with Crippen molar-refractivity contribution < 1.29 is 17.6 Å². The van der Waals surface area contributed by atoms with Gasteiger partial charge in [0.2, 0.25) is 0 Å². The molecule has 5 heteroatoms. The predicted molar refractivity (Wildman–Crippen MR) is 51.3 cm³/mol. The number of hydrogen-bond donors (Lipinski definition) is 0. The molecule has 1 aliphatic rings. The molecule has 2 rings (SSSR count). The van der Waals surface area contributed by atoms with Crippen molar-refractivity contribution in [3.63, 3.8) is 0 Å². The Hall–Kier alpha value is -1.39. The molecule has 0 aromatic carbocycles. The van der Waals surface area contributed by atoms with E-state index in [9.17, 15) is 17.6 Å². The van der Waals surface area contributed by atoms with E-state index in [2.05, 4.69) is 4.98 Å². The molecule has 1 aromatic rings. The highest BCUT2D eigenvalue weighted by atomic mass is 19.3. The van der Waals surface area contributed by atoms with Crippen LogP contribution in [0.15, 0.2) is 30.5 Å². The first-order valence-corrected chi connectivity index (χ1v) is 4.83. The molecule has 0 spiro atoms.